The molecule has 3 aromatic carbocycles. The molecule has 0 atom stereocenters. The fraction of sp³-hybridized carbons (Fsp3) is 0.0370. The Hall–Kier alpha value is -4.89. The molecule has 0 spiro atoms. The number of nitro benzene ring substituents is 1. The van der Waals surface area contributed by atoms with Crippen LogP contribution in [0.3, 0.4) is 0 Å². The van der Waals surface area contributed by atoms with Crippen molar-refractivity contribution in [3.8, 4) is 0 Å². The van der Waals surface area contributed by atoms with Crippen LogP contribution in [-0.4, -0.2) is 39.6 Å². The molecule has 184 valence electrons. The molecule has 10 heteroatoms. The van der Waals surface area contributed by atoms with Crippen molar-refractivity contribution in [2.45, 2.75) is 0 Å². The molecule has 4 aromatic rings. The Kier molecular flexibility index (Phi) is 7.08. The van der Waals surface area contributed by atoms with Crippen molar-refractivity contribution in [3.63, 3.8) is 0 Å². The Labute approximate surface area is 215 Å². The first-order valence-corrected chi connectivity index (χ1v) is 11.2. The SMILES string of the molecule is CN(c1ccc(Cl)cc1)c1ccc(C(=O)c2ccc(C(=O)c3ccc([N+](=O)[O-])cc3)c(C(=O)O)c2)nc1. The van der Waals surface area contributed by atoms with E-state index in [0.717, 1.165) is 23.9 Å². The Morgan fingerprint density at radius 3 is 2.03 bits per heavy atom. The van der Waals surface area contributed by atoms with Crippen molar-refractivity contribution in [2.75, 3.05) is 11.9 Å². The van der Waals surface area contributed by atoms with Crippen LogP contribution in [0.4, 0.5) is 17.1 Å². The number of nitro groups is 1. The number of ketones is 2. The Bertz CT molecular complexity index is 1520. The first kappa shape index (κ1) is 25.2. The van der Waals surface area contributed by atoms with Crippen molar-refractivity contribution in [1.82, 2.24) is 4.98 Å². The van der Waals surface area contributed by atoms with Crippen LogP contribution in [0.5, 0.6) is 0 Å². The summed E-state index contributed by atoms with van der Waals surface area (Å²) >= 11 is 5.93. The Balaban J connectivity index is 1.59. The summed E-state index contributed by atoms with van der Waals surface area (Å²) in [7, 11) is 1.83. The van der Waals surface area contributed by atoms with E-state index >= 15 is 0 Å². The second-order valence-corrected chi connectivity index (χ2v) is 8.40. The van der Waals surface area contributed by atoms with Crippen molar-refractivity contribution >= 4 is 46.2 Å². The Morgan fingerprint density at radius 1 is 0.838 bits per heavy atom. The van der Waals surface area contributed by atoms with Gasteiger partial charge in [-0.1, -0.05) is 17.7 Å². The highest BCUT2D eigenvalue weighted by molar-refractivity contribution is 6.30. The van der Waals surface area contributed by atoms with Crippen LogP contribution in [-0.2, 0) is 0 Å². The van der Waals surface area contributed by atoms with Crippen molar-refractivity contribution in [1.29, 1.82) is 0 Å². The zero-order valence-corrected chi connectivity index (χ0v) is 20.0. The average Bonchev–Trinajstić information content (AvgIpc) is 2.92. The first-order chi connectivity index (χ1) is 17.7. The largest absolute Gasteiger partial charge is 0.478 e. The van der Waals surface area contributed by atoms with Crippen LogP contribution in [0.2, 0.25) is 5.02 Å². The van der Waals surface area contributed by atoms with Crippen molar-refractivity contribution in [2.24, 2.45) is 0 Å². The van der Waals surface area contributed by atoms with Gasteiger partial charge in [0.1, 0.15) is 5.69 Å². The third-order valence-electron chi connectivity index (χ3n) is 5.68. The van der Waals surface area contributed by atoms with Gasteiger partial charge in [0.25, 0.3) is 5.69 Å². The normalized spacial score (nSPS) is 10.5. The summed E-state index contributed by atoms with van der Waals surface area (Å²) in [6.45, 7) is 0. The molecule has 0 bridgehead atoms. The topological polar surface area (TPSA) is 131 Å². The third-order valence-corrected chi connectivity index (χ3v) is 5.93. The molecule has 1 N–H and O–H groups in total. The molecular weight excluding hydrogens is 498 g/mol. The molecule has 0 fully saturated rings. The van der Waals surface area contributed by atoms with Crippen LogP contribution in [0.15, 0.2) is 85.1 Å². The summed E-state index contributed by atoms with van der Waals surface area (Å²) in [6.07, 6.45) is 1.52. The summed E-state index contributed by atoms with van der Waals surface area (Å²) < 4.78 is 0. The molecule has 0 radical (unpaired) electrons. The molecule has 4 rings (SSSR count). The van der Waals surface area contributed by atoms with Crippen molar-refractivity contribution < 1.29 is 24.4 Å². The predicted octanol–water partition coefficient (Wildman–Crippen LogP) is 5.57. The number of carbonyl (C=O) groups excluding carboxylic acids is 2. The highest BCUT2D eigenvalue weighted by Crippen LogP contribution is 2.25. The van der Waals surface area contributed by atoms with E-state index in [9.17, 15) is 29.6 Å². The van der Waals surface area contributed by atoms with Gasteiger partial charge in [-0.3, -0.25) is 24.7 Å². The van der Waals surface area contributed by atoms with Crippen molar-refractivity contribution in [3.05, 3.63) is 128 Å². The van der Waals surface area contributed by atoms with E-state index in [1.807, 2.05) is 24.1 Å². The molecule has 0 saturated carbocycles. The van der Waals surface area contributed by atoms with Crippen LogP contribution >= 0.6 is 11.6 Å². The molecule has 0 aliphatic rings. The Morgan fingerprint density at radius 2 is 1.46 bits per heavy atom. The van der Waals surface area contributed by atoms with Gasteiger partial charge in [0, 0.05) is 46.6 Å². The van der Waals surface area contributed by atoms with Gasteiger partial charge in [-0.2, -0.15) is 0 Å². The maximum absolute atomic E-state index is 13.0. The number of hydrogen-bond donors (Lipinski definition) is 1. The van der Waals surface area contributed by atoms with Crippen LogP contribution in [0.1, 0.15) is 42.3 Å². The molecule has 1 aromatic heterocycles. The van der Waals surface area contributed by atoms with Gasteiger partial charge in [-0.05, 0) is 60.7 Å². The standard InChI is InChI=1S/C27H18ClN3O6/c1-30(19-9-5-18(28)6-10-19)21-11-13-24(29-15-21)26(33)17-4-12-22(23(14-17)27(34)35)25(32)16-2-7-20(8-3-16)31(36)37/h2-15H,1H3,(H,34,35). The number of carbonyl (C=O) groups is 3. The lowest BCUT2D eigenvalue weighted by Gasteiger charge is -2.19. The fourth-order valence-corrected chi connectivity index (χ4v) is 3.76. The summed E-state index contributed by atoms with van der Waals surface area (Å²) in [6, 6.07) is 19.0. The number of non-ortho nitro benzene ring substituents is 1. The van der Waals surface area contributed by atoms with E-state index in [1.165, 1.54) is 36.5 Å². The minimum Gasteiger partial charge on any atom is -0.478 e. The number of carboxylic acids is 1. The number of carboxylic acid groups (broad SMARTS) is 1. The molecule has 9 nitrogen and oxygen atoms in total. The molecule has 0 aliphatic carbocycles. The quantitative estimate of drug-likeness (QED) is 0.183. The zero-order valence-electron chi connectivity index (χ0n) is 19.3. The number of hydrogen-bond acceptors (Lipinski definition) is 7. The molecule has 0 saturated heterocycles. The number of pyridine rings is 1. The number of halogens is 1. The summed E-state index contributed by atoms with van der Waals surface area (Å²) in [5.74, 6) is -2.55. The first-order valence-electron chi connectivity index (χ1n) is 10.8. The number of aromatic carboxylic acids is 1. The number of anilines is 2. The lowest BCUT2D eigenvalue weighted by atomic mass is 9.94. The maximum atomic E-state index is 13.0. The summed E-state index contributed by atoms with van der Waals surface area (Å²) in [5.41, 5.74) is 1.09. The molecule has 0 unspecified atom stereocenters. The lowest BCUT2D eigenvalue weighted by molar-refractivity contribution is -0.384. The monoisotopic (exact) mass is 515 g/mol. The van der Waals surface area contributed by atoms with Crippen LogP contribution in [0.25, 0.3) is 0 Å². The molecule has 1 heterocycles. The van der Waals surface area contributed by atoms with Gasteiger partial charge in [0.15, 0.2) is 5.78 Å². The van der Waals surface area contributed by atoms with E-state index in [2.05, 4.69) is 4.98 Å². The highest BCUT2D eigenvalue weighted by atomic mass is 35.5. The molecule has 0 aliphatic heterocycles. The number of rotatable bonds is 8. The average molecular weight is 516 g/mol. The smallest absolute Gasteiger partial charge is 0.336 e. The van der Waals surface area contributed by atoms with E-state index in [1.54, 1.807) is 18.2 Å². The third kappa shape index (κ3) is 5.36. The minimum atomic E-state index is -1.40. The molecule has 37 heavy (non-hydrogen) atoms. The second kappa shape index (κ2) is 10.4. The predicted molar refractivity (Wildman–Crippen MR) is 137 cm³/mol. The lowest BCUT2D eigenvalue weighted by Crippen LogP contribution is -2.13. The fourth-order valence-electron chi connectivity index (χ4n) is 3.63. The minimum absolute atomic E-state index is 0.0453. The van der Waals surface area contributed by atoms with Gasteiger partial charge in [0.05, 0.1) is 22.4 Å². The van der Waals surface area contributed by atoms with E-state index in [-0.39, 0.29) is 33.6 Å². The van der Waals surface area contributed by atoms with Crippen LogP contribution in [0, 0.1) is 10.1 Å². The number of nitrogens with zero attached hydrogens (tertiary/aromatic N) is 3. The van der Waals surface area contributed by atoms with Gasteiger partial charge in [-0.25, -0.2) is 4.79 Å². The van der Waals surface area contributed by atoms with Gasteiger partial charge < -0.3 is 10.0 Å². The number of aromatic nitrogens is 1. The molecule has 0 amide bonds. The van der Waals surface area contributed by atoms with Gasteiger partial charge in [0.2, 0.25) is 5.78 Å². The summed E-state index contributed by atoms with van der Waals surface area (Å²) in [4.78, 5) is 54.2. The van der Waals surface area contributed by atoms with E-state index in [0.29, 0.717) is 10.7 Å². The zero-order chi connectivity index (χ0) is 26.7. The maximum Gasteiger partial charge on any atom is 0.336 e. The second-order valence-electron chi connectivity index (χ2n) is 7.96. The van der Waals surface area contributed by atoms with Gasteiger partial charge >= 0.3 is 5.97 Å². The molecular formula is C27H18ClN3O6. The number of benzene rings is 3. The summed E-state index contributed by atoms with van der Waals surface area (Å²) in [5, 5.41) is 21.1. The van der Waals surface area contributed by atoms with Gasteiger partial charge in [-0.15, -0.1) is 0 Å². The highest BCUT2D eigenvalue weighted by Gasteiger charge is 2.22. The van der Waals surface area contributed by atoms with Crippen LogP contribution < -0.4 is 4.90 Å². The van der Waals surface area contributed by atoms with E-state index < -0.39 is 22.5 Å². The van der Waals surface area contributed by atoms with E-state index in [4.69, 9.17) is 11.6 Å².